The highest BCUT2D eigenvalue weighted by Gasteiger charge is 2.19. The molecule has 1 saturated heterocycles. The van der Waals surface area contributed by atoms with Gasteiger partial charge in [0.05, 0.1) is 7.11 Å². The van der Waals surface area contributed by atoms with Crippen molar-refractivity contribution in [1.82, 2.24) is 4.90 Å². The molecule has 0 saturated carbocycles. The number of likely N-dealkylation sites (tertiary alicyclic amines) is 1. The second-order valence-electron chi connectivity index (χ2n) is 4.10. The molecular formula is C12H20Cl2N2O. The van der Waals surface area contributed by atoms with Crippen molar-refractivity contribution in [2.24, 2.45) is 5.73 Å². The first-order chi connectivity index (χ1) is 7.29. The zero-order valence-corrected chi connectivity index (χ0v) is 11.6. The normalized spacial score (nSPS) is 19.3. The van der Waals surface area contributed by atoms with Crippen LogP contribution in [-0.2, 0) is 6.54 Å². The summed E-state index contributed by atoms with van der Waals surface area (Å²) in [6.07, 6.45) is 1.11. The van der Waals surface area contributed by atoms with E-state index >= 15 is 0 Å². The molecule has 1 atom stereocenters. The molecule has 0 bridgehead atoms. The fraction of sp³-hybridized carbons (Fsp3) is 0.500. The Morgan fingerprint density at radius 2 is 2.06 bits per heavy atom. The zero-order chi connectivity index (χ0) is 10.7. The highest BCUT2D eigenvalue weighted by Crippen LogP contribution is 2.20. The van der Waals surface area contributed by atoms with Crippen molar-refractivity contribution < 1.29 is 4.74 Å². The summed E-state index contributed by atoms with van der Waals surface area (Å²) in [4.78, 5) is 2.38. The predicted octanol–water partition coefficient (Wildman–Crippen LogP) is 2.07. The monoisotopic (exact) mass is 278 g/mol. The van der Waals surface area contributed by atoms with Crippen LogP contribution < -0.4 is 10.5 Å². The van der Waals surface area contributed by atoms with E-state index in [1.54, 1.807) is 7.11 Å². The van der Waals surface area contributed by atoms with Crippen LogP contribution in [0, 0.1) is 0 Å². The van der Waals surface area contributed by atoms with Crippen LogP contribution in [0.4, 0.5) is 0 Å². The van der Waals surface area contributed by atoms with Crippen LogP contribution >= 0.6 is 24.8 Å². The average Bonchev–Trinajstić information content (AvgIpc) is 2.65. The molecule has 5 heteroatoms. The van der Waals surface area contributed by atoms with E-state index < -0.39 is 0 Å². The second-order valence-corrected chi connectivity index (χ2v) is 4.10. The van der Waals surface area contributed by atoms with Gasteiger partial charge >= 0.3 is 0 Å². The van der Waals surface area contributed by atoms with E-state index in [2.05, 4.69) is 11.0 Å². The number of halogens is 2. The number of methoxy groups -OCH3 is 1. The molecule has 1 heterocycles. The van der Waals surface area contributed by atoms with Gasteiger partial charge in [-0.15, -0.1) is 24.8 Å². The predicted molar refractivity (Wildman–Crippen MR) is 75.4 cm³/mol. The first kappa shape index (κ1) is 16.5. The number of hydrogen-bond donors (Lipinski definition) is 1. The number of nitrogens with two attached hydrogens (primary N) is 1. The van der Waals surface area contributed by atoms with E-state index in [9.17, 15) is 0 Å². The van der Waals surface area contributed by atoms with Crippen molar-refractivity contribution in [2.45, 2.75) is 19.0 Å². The van der Waals surface area contributed by atoms with E-state index in [0.717, 1.165) is 31.8 Å². The number of hydrogen-bond acceptors (Lipinski definition) is 3. The van der Waals surface area contributed by atoms with Crippen LogP contribution in [0.25, 0.3) is 0 Å². The van der Waals surface area contributed by atoms with E-state index in [4.69, 9.17) is 10.5 Å². The van der Waals surface area contributed by atoms with Gasteiger partial charge in [0.15, 0.2) is 0 Å². The molecule has 1 aliphatic heterocycles. The Morgan fingerprint density at radius 3 is 2.65 bits per heavy atom. The minimum Gasteiger partial charge on any atom is -0.496 e. The van der Waals surface area contributed by atoms with Crippen LogP contribution in [-0.4, -0.2) is 31.1 Å². The van der Waals surface area contributed by atoms with Crippen molar-refractivity contribution in [2.75, 3.05) is 20.2 Å². The van der Waals surface area contributed by atoms with Crippen molar-refractivity contribution in [1.29, 1.82) is 0 Å². The smallest absolute Gasteiger partial charge is 0.123 e. The fourth-order valence-corrected chi connectivity index (χ4v) is 2.08. The minimum absolute atomic E-state index is 0. The molecule has 2 N–H and O–H groups in total. The lowest BCUT2D eigenvalue weighted by Gasteiger charge is -2.16. The Morgan fingerprint density at radius 1 is 1.35 bits per heavy atom. The lowest BCUT2D eigenvalue weighted by atomic mass is 10.2. The van der Waals surface area contributed by atoms with Crippen LogP contribution in [0.2, 0.25) is 0 Å². The van der Waals surface area contributed by atoms with Gasteiger partial charge in [-0.3, -0.25) is 4.90 Å². The van der Waals surface area contributed by atoms with Crippen LogP contribution in [0.5, 0.6) is 5.75 Å². The van der Waals surface area contributed by atoms with Gasteiger partial charge in [-0.1, -0.05) is 18.2 Å². The number of benzene rings is 1. The second kappa shape index (κ2) is 7.77. The van der Waals surface area contributed by atoms with Gasteiger partial charge in [-0.2, -0.15) is 0 Å². The SMILES string of the molecule is COc1ccccc1CN1CCC(N)C1.Cl.Cl. The number of para-hydroxylation sites is 1. The molecule has 0 radical (unpaired) electrons. The fourth-order valence-electron chi connectivity index (χ4n) is 2.08. The maximum Gasteiger partial charge on any atom is 0.123 e. The molecule has 0 spiro atoms. The molecule has 0 aromatic heterocycles. The first-order valence-corrected chi connectivity index (χ1v) is 5.39. The molecule has 0 aliphatic carbocycles. The molecule has 1 aromatic rings. The van der Waals surface area contributed by atoms with E-state index in [1.165, 1.54) is 5.56 Å². The van der Waals surface area contributed by atoms with Crippen LogP contribution in [0.1, 0.15) is 12.0 Å². The Hall–Kier alpha value is -0.480. The molecule has 0 amide bonds. The van der Waals surface area contributed by atoms with E-state index in [0.29, 0.717) is 6.04 Å². The standard InChI is InChI=1S/C12H18N2O.2ClH/c1-15-12-5-3-2-4-10(12)8-14-7-6-11(13)9-14;;/h2-5,11H,6-9,13H2,1H3;2*1H. The highest BCUT2D eigenvalue weighted by molar-refractivity contribution is 5.85. The molecule has 1 unspecified atom stereocenters. The van der Waals surface area contributed by atoms with Gasteiger partial charge in [0, 0.05) is 31.2 Å². The Bertz CT molecular complexity index is 336. The number of nitrogens with zero attached hydrogens (tertiary/aromatic N) is 1. The van der Waals surface area contributed by atoms with Gasteiger partial charge in [-0.05, 0) is 12.5 Å². The molecule has 1 aliphatic rings. The maximum atomic E-state index is 5.88. The van der Waals surface area contributed by atoms with Gasteiger partial charge in [0.2, 0.25) is 0 Å². The summed E-state index contributed by atoms with van der Waals surface area (Å²) in [6.45, 7) is 3.04. The maximum absolute atomic E-state index is 5.88. The molecule has 2 rings (SSSR count). The minimum atomic E-state index is 0. The third-order valence-electron chi connectivity index (χ3n) is 2.90. The van der Waals surface area contributed by atoms with Gasteiger partial charge in [-0.25, -0.2) is 0 Å². The molecule has 1 aromatic carbocycles. The molecule has 17 heavy (non-hydrogen) atoms. The summed E-state index contributed by atoms with van der Waals surface area (Å²) < 4.78 is 5.32. The van der Waals surface area contributed by atoms with Crippen LogP contribution in [0.15, 0.2) is 24.3 Å². The van der Waals surface area contributed by atoms with E-state index in [-0.39, 0.29) is 24.8 Å². The Balaban J connectivity index is 0.00000128. The summed E-state index contributed by atoms with van der Waals surface area (Å²) in [5, 5.41) is 0. The summed E-state index contributed by atoms with van der Waals surface area (Å²) in [7, 11) is 1.72. The lowest BCUT2D eigenvalue weighted by Crippen LogP contribution is -2.26. The highest BCUT2D eigenvalue weighted by atomic mass is 35.5. The first-order valence-electron chi connectivity index (χ1n) is 5.39. The van der Waals surface area contributed by atoms with Crippen molar-refractivity contribution >= 4 is 24.8 Å². The summed E-state index contributed by atoms with van der Waals surface area (Å²) in [5.41, 5.74) is 7.12. The zero-order valence-electron chi connectivity index (χ0n) is 9.96. The summed E-state index contributed by atoms with van der Waals surface area (Å²) in [6, 6.07) is 8.51. The number of rotatable bonds is 3. The van der Waals surface area contributed by atoms with Gasteiger partial charge < -0.3 is 10.5 Å². The average molecular weight is 279 g/mol. The summed E-state index contributed by atoms with van der Waals surface area (Å²) in [5.74, 6) is 0.970. The molecule has 3 nitrogen and oxygen atoms in total. The topological polar surface area (TPSA) is 38.5 Å². The quantitative estimate of drug-likeness (QED) is 0.920. The Kier molecular flexibility index (Phi) is 7.55. The van der Waals surface area contributed by atoms with Gasteiger partial charge in [0.1, 0.15) is 5.75 Å². The molecule has 98 valence electrons. The van der Waals surface area contributed by atoms with Gasteiger partial charge in [0.25, 0.3) is 0 Å². The van der Waals surface area contributed by atoms with Crippen molar-refractivity contribution in [3.8, 4) is 5.75 Å². The van der Waals surface area contributed by atoms with Crippen molar-refractivity contribution in [3.63, 3.8) is 0 Å². The van der Waals surface area contributed by atoms with Crippen molar-refractivity contribution in [3.05, 3.63) is 29.8 Å². The van der Waals surface area contributed by atoms with E-state index in [1.807, 2.05) is 18.2 Å². The number of ether oxygens (including phenoxy) is 1. The lowest BCUT2D eigenvalue weighted by molar-refractivity contribution is 0.317. The van der Waals surface area contributed by atoms with Crippen LogP contribution in [0.3, 0.4) is 0 Å². The third-order valence-corrected chi connectivity index (χ3v) is 2.90. The molecule has 1 fully saturated rings. The molecular weight excluding hydrogens is 259 g/mol. The third kappa shape index (κ3) is 4.36. The Labute approximate surface area is 115 Å². The largest absolute Gasteiger partial charge is 0.496 e. The summed E-state index contributed by atoms with van der Waals surface area (Å²) >= 11 is 0.